The molecule has 0 bridgehead atoms. The fourth-order valence-corrected chi connectivity index (χ4v) is 4.99. The molecule has 0 aliphatic carbocycles. The highest BCUT2D eigenvalue weighted by Crippen LogP contribution is 2.22. The third-order valence-electron chi connectivity index (χ3n) is 5.16. The average molecular weight is 429 g/mol. The van der Waals surface area contributed by atoms with E-state index in [4.69, 9.17) is 0 Å². The first-order valence-corrected chi connectivity index (χ1v) is 11.0. The lowest BCUT2D eigenvalue weighted by atomic mass is 10.1. The van der Waals surface area contributed by atoms with E-state index in [0.717, 1.165) is 30.4 Å². The number of hydrogen-bond acceptors (Lipinski definition) is 3. The molecule has 152 valence electrons. The SMILES string of the molecule is Cl.O=S(=O)(c1ccc2ccccc2c1)N1CCN(C/C=C/c2ccccc2)CC1. The molecular formula is C23H25ClN2O2S. The second-order valence-electron chi connectivity index (χ2n) is 7.03. The molecule has 3 aromatic rings. The van der Waals surface area contributed by atoms with E-state index < -0.39 is 10.0 Å². The van der Waals surface area contributed by atoms with Crippen LogP contribution in [0.3, 0.4) is 0 Å². The van der Waals surface area contributed by atoms with E-state index in [1.807, 2.05) is 48.5 Å². The van der Waals surface area contributed by atoms with E-state index in [1.165, 1.54) is 5.56 Å². The van der Waals surface area contributed by atoms with Crippen molar-refractivity contribution >= 4 is 39.3 Å². The number of hydrogen-bond donors (Lipinski definition) is 0. The molecule has 0 saturated carbocycles. The second kappa shape index (κ2) is 9.55. The summed E-state index contributed by atoms with van der Waals surface area (Å²) in [6.45, 7) is 3.36. The first-order valence-electron chi connectivity index (χ1n) is 9.56. The molecule has 1 aliphatic rings. The lowest BCUT2D eigenvalue weighted by Gasteiger charge is -2.33. The van der Waals surface area contributed by atoms with Crippen molar-refractivity contribution in [2.45, 2.75) is 4.90 Å². The van der Waals surface area contributed by atoms with E-state index in [0.29, 0.717) is 18.0 Å². The molecule has 0 atom stereocenters. The third-order valence-corrected chi connectivity index (χ3v) is 7.06. The summed E-state index contributed by atoms with van der Waals surface area (Å²) in [7, 11) is -3.45. The van der Waals surface area contributed by atoms with Gasteiger partial charge in [0.05, 0.1) is 4.90 Å². The molecule has 6 heteroatoms. The van der Waals surface area contributed by atoms with Crippen molar-refractivity contribution < 1.29 is 8.42 Å². The standard InChI is InChI=1S/C23H24N2O2S.ClH/c26-28(27,23-13-12-21-10-4-5-11-22(21)19-23)25-17-15-24(16-18-25)14-6-9-20-7-2-1-3-8-20;/h1-13,19H,14-18H2;1H/b9-6+;. The van der Waals surface area contributed by atoms with E-state index in [9.17, 15) is 8.42 Å². The van der Waals surface area contributed by atoms with E-state index >= 15 is 0 Å². The predicted molar refractivity (Wildman–Crippen MR) is 122 cm³/mol. The lowest BCUT2D eigenvalue weighted by Crippen LogP contribution is -2.48. The van der Waals surface area contributed by atoms with Crippen LogP contribution in [0.25, 0.3) is 16.8 Å². The van der Waals surface area contributed by atoms with Crippen molar-refractivity contribution in [3.05, 3.63) is 84.4 Å². The van der Waals surface area contributed by atoms with Gasteiger partial charge in [0.25, 0.3) is 0 Å². The molecule has 4 nitrogen and oxygen atoms in total. The Hall–Kier alpha value is -2.18. The maximum Gasteiger partial charge on any atom is 0.243 e. The van der Waals surface area contributed by atoms with Crippen LogP contribution < -0.4 is 0 Å². The van der Waals surface area contributed by atoms with Crippen LogP contribution in [0.4, 0.5) is 0 Å². The van der Waals surface area contributed by atoms with Gasteiger partial charge in [0.2, 0.25) is 10.0 Å². The van der Waals surface area contributed by atoms with Crippen LogP contribution in [0.15, 0.2) is 83.8 Å². The van der Waals surface area contributed by atoms with Gasteiger partial charge in [-0.25, -0.2) is 8.42 Å². The summed E-state index contributed by atoms with van der Waals surface area (Å²) in [4.78, 5) is 2.66. The van der Waals surface area contributed by atoms with E-state index in [-0.39, 0.29) is 12.4 Å². The van der Waals surface area contributed by atoms with Gasteiger partial charge in [-0.3, -0.25) is 4.90 Å². The van der Waals surface area contributed by atoms with Gasteiger partial charge in [-0.15, -0.1) is 12.4 Å². The maximum atomic E-state index is 13.0. The zero-order valence-corrected chi connectivity index (χ0v) is 17.8. The summed E-state index contributed by atoms with van der Waals surface area (Å²) in [5.74, 6) is 0. The number of piperazine rings is 1. The minimum Gasteiger partial charge on any atom is -0.297 e. The van der Waals surface area contributed by atoms with Gasteiger partial charge in [-0.1, -0.05) is 72.8 Å². The molecule has 1 aliphatic heterocycles. The highest BCUT2D eigenvalue weighted by molar-refractivity contribution is 7.89. The van der Waals surface area contributed by atoms with Crippen LogP contribution in [0.2, 0.25) is 0 Å². The Morgan fingerprint density at radius 3 is 2.17 bits per heavy atom. The minimum atomic E-state index is -3.45. The molecule has 1 fully saturated rings. The van der Waals surface area contributed by atoms with Crippen molar-refractivity contribution in [1.29, 1.82) is 0 Å². The molecule has 0 N–H and O–H groups in total. The molecule has 1 heterocycles. The Kier molecular flexibility index (Phi) is 7.09. The molecule has 3 aromatic carbocycles. The first-order chi connectivity index (χ1) is 13.6. The molecule has 4 rings (SSSR count). The zero-order chi connectivity index (χ0) is 19.4. The summed E-state index contributed by atoms with van der Waals surface area (Å²) in [6.07, 6.45) is 4.25. The number of benzene rings is 3. The normalized spacial score (nSPS) is 16.1. The van der Waals surface area contributed by atoms with E-state index in [2.05, 4.69) is 29.2 Å². The Bertz CT molecular complexity index is 1080. The molecular weight excluding hydrogens is 404 g/mol. The monoisotopic (exact) mass is 428 g/mol. The van der Waals surface area contributed by atoms with Crippen LogP contribution >= 0.6 is 12.4 Å². The van der Waals surface area contributed by atoms with Crippen LogP contribution in [0.1, 0.15) is 5.56 Å². The highest BCUT2D eigenvalue weighted by atomic mass is 35.5. The number of rotatable bonds is 5. The van der Waals surface area contributed by atoms with Crippen LogP contribution in [0, 0.1) is 0 Å². The molecule has 1 saturated heterocycles. The smallest absolute Gasteiger partial charge is 0.243 e. The maximum absolute atomic E-state index is 13.0. The molecule has 0 aromatic heterocycles. The molecule has 0 spiro atoms. The van der Waals surface area contributed by atoms with Gasteiger partial charge in [0.1, 0.15) is 0 Å². The van der Waals surface area contributed by atoms with Crippen molar-refractivity contribution in [2.24, 2.45) is 0 Å². The summed E-state index contributed by atoms with van der Waals surface area (Å²) in [5, 5.41) is 2.00. The Balaban J connectivity index is 0.00000240. The predicted octanol–water partition coefficient (Wildman–Crippen LogP) is 4.28. The second-order valence-corrected chi connectivity index (χ2v) is 8.96. The summed E-state index contributed by atoms with van der Waals surface area (Å²) >= 11 is 0. The lowest BCUT2D eigenvalue weighted by molar-refractivity contribution is 0.204. The summed E-state index contributed by atoms with van der Waals surface area (Å²) < 4.78 is 27.7. The third kappa shape index (κ3) is 5.06. The van der Waals surface area contributed by atoms with E-state index in [1.54, 1.807) is 16.4 Å². The quantitative estimate of drug-likeness (QED) is 0.609. The number of nitrogens with zero attached hydrogens (tertiary/aromatic N) is 2. The van der Waals surface area contributed by atoms with Crippen molar-refractivity contribution in [3.8, 4) is 0 Å². The van der Waals surface area contributed by atoms with Gasteiger partial charge < -0.3 is 0 Å². The number of sulfonamides is 1. The molecule has 0 unspecified atom stereocenters. The summed E-state index contributed by atoms with van der Waals surface area (Å²) in [6, 6.07) is 23.4. The first kappa shape index (κ1) is 21.5. The van der Waals surface area contributed by atoms with Gasteiger partial charge >= 0.3 is 0 Å². The summed E-state index contributed by atoms with van der Waals surface area (Å²) in [5.41, 5.74) is 1.18. The Labute approximate surface area is 178 Å². The average Bonchev–Trinajstić information content (AvgIpc) is 2.74. The van der Waals surface area contributed by atoms with Crippen molar-refractivity contribution in [3.63, 3.8) is 0 Å². The highest BCUT2D eigenvalue weighted by Gasteiger charge is 2.28. The number of fused-ring (bicyclic) bond motifs is 1. The number of halogens is 1. The van der Waals surface area contributed by atoms with Crippen LogP contribution in [-0.4, -0.2) is 50.3 Å². The fourth-order valence-electron chi connectivity index (χ4n) is 3.53. The van der Waals surface area contributed by atoms with Crippen LogP contribution in [0.5, 0.6) is 0 Å². The molecule has 29 heavy (non-hydrogen) atoms. The zero-order valence-electron chi connectivity index (χ0n) is 16.1. The van der Waals surface area contributed by atoms with Gasteiger partial charge in [-0.05, 0) is 28.5 Å². The molecule has 0 radical (unpaired) electrons. The largest absolute Gasteiger partial charge is 0.297 e. The minimum absolute atomic E-state index is 0. The van der Waals surface area contributed by atoms with Crippen molar-refractivity contribution in [1.82, 2.24) is 9.21 Å². The van der Waals surface area contributed by atoms with Gasteiger partial charge in [-0.2, -0.15) is 4.31 Å². The molecule has 0 amide bonds. The fraction of sp³-hybridized carbons (Fsp3) is 0.217. The van der Waals surface area contributed by atoms with Gasteiger partial charge in [0, 0.05) is 32.7 Å². The Morgan fingerprint density at radius 2 is 1.45 bits per heavy atom. The Morgan fingerprint density at radius 1 is 0.793 bits per heavy atom. The topological polar surface area (TPSA) is 40.6 Å². The van der Waals surface area contributed by atoms with Gasteiger partial charge in [0.15, 0.2) is 0 Å². The van der Waals surface area contributed by atoms with Crippen LogP contribution in [-0.2, 0) is 10.0 Å². The van der Waals surface area contributed by atoms with Crippen molar-refractivity contribution in [2.75, 3.05) is 32.7 Å².